The molecular weight excluding hydrogens is 244 g/mol. The van der Waals surface area contributed by atoms with Crippen LogP contribution < -0.4 is 0 Å². The lowest BCUT2D eigenvalue weighted by Gasteiger charge is -2.09. The molecule has 0 spiro atoms. The molecule has 0 N–H and O–H groups in total. The van der Waals surface area contributed by atoms with Gasteiger partial charge in [0, 0.05) is 5.56 Å². The van der Waals surface area contributed by atoms with Crippen LogP contribution in [0.15, 0.2) is 48.5 Å². The Labute approximate surface area is 117 Å². The molecule has 0 bridgehead atoms. The second-order valence-corrected chi connectivity index (χ2v) is 10.6. The molecule has 1 heteroatoms. The van der Waals surface area contributed by atoms with E-state index >= 15 is 0 Å². The van der Waals surface area contributed by atoms with Gasteiger partial charge in [-0.2, -0.15) is 0 Å². The second-order valence-electron chi connectivity index (χ2n) is 5.84. The van der Waals surface area contributed by atoms with Gasteiger partial charge < -0.3 is 0 Å². The zero-order chi connectivity index (χ0) is 13.9. The predicted octanol–water partition coefficient (Wildman–Crippen LogP) is 4.89. The molecule has 0 atom stereocenters. The molecular formula is C18H20Si. The van der Waals surface area contributed by atoms with Gasteiger partial charge in [-0.05, 0) is 29.7 Å². The molecule has 0 saturated heterocycles. The summed E-state index contributed by atoms with van der Waals surface area (Å²) < 4.78 is 0. The summed E-state index contributed by atoms with van der Waals surface area (Å²) in [4.78, 5) is 0. The van der Waals surface area contributed by atoms with E-state index in [1.807, 2.05) is 6.07 Å². The van der Waals surface area contributed by atoms with Gasteiger partial charge in [-0.1, -0.05) is 68.0 Å². The fraction of sp³-hybridized carbons (Fsp3) is 0.222. The molecule has 19 heavy (non-hydrogen) atoms. The molecule has 0 aliphatic heterocycles. The van der Waals surface area contributed by atoms with Crippen molar-refractivity contribution in [2.45, 2.75) is 26.6 Å². The van der Waals surface area contributed by atoms with Gasteiger partial charge in [-0.3, -0.25) is 0 Å². The lowest BCUT2D eigenvalue weighted by molar-refractivity contribution is 1.43. The van der Waals surface area contributed by atoms with Crippen LogP contribution >= 0.6 is 0 Å². The molecule has 0 fully saturated rings. The van der Waals surface area contributed by atoms with Crippen molar-refractivity contribution in [2.24, 2.45) is 0 Å². The van der Waals surface area contributed by atoms with Crippen molar-refractivity contribution in [3.63, 3.8) is 0 Å². The number of hydrogen-bond acceptors (Lipinski definition) is 0. The van der Waals surface area contributed by atoms with E-state index in [0.717, 1.165) is 5.56 Å². The Bertz CT molecular complexity index is 622. The number of benzene rings is 2. The van der Waals surface area contributed by atoms with E-state index in [1.165, 1.54) is 16.7 Å². The summed E-state index contributed by atoms with van der Waals surface area (Å²) in [7, 11) is -1.32. The molecule has 0 saturated carbocycles. The third-order valence-corrected chi connectivity index (χ3v) is 3.87. The molecule has 2 rings (SSSR count). The Hall–Kier alpha value is -1.78. The van der Waals surface area contributed by atoms with Crippen LogP contribution in [-0.2, 0) is 0 Å². The van der Waals surface area contributed by atoms with Crippen LogP contribution in [-0.4, -0.2) is 8.07 Å². The minimum atomic E-state index is -1.32. The minimum absolute atomic E-state index is 1.16. The highest BCUT2D eigenvalue weighted by Gasteiger charge is 2.08. The van der Waals surface area contributed by atoms with E-state index < -0.39 is 8.07 Å². The summed E-state index contributed by atoms with van der Waals surface area (Å²) in [5.41, 5.74) is 8.42. The summed E-state index contributed by atoms with van der Waals surface area (Å²) in [5, 5.41) is 0. The monoisotopic (exact) mass is 264 g/mol. The Balaban J connectivity index is 2.47. The van der Waals surface area contributed by atoms with Crippen LogP contribution in [0.5, 0.6) is 0 Å². The van der Waals surface area contributed by atoms with Crippen LogP contribution in [0, 0.1) is 18.4 Å². The number of hydrogen-bond donors (Lipinski definition) is 0. The summed E-state index contributed by atoms with van der Waals surface area (Å²) in [6.07, 6.45) is 0. The average Bonchev–Trinajstić information content (AvgIpc) is 2.37. The summed E-state index contributed by atoms with van der Waals surface area (Å²) >= 11 is 0. The van der Waals surface area contributed by atoms with Crippen molar-refractivity contribution in [2.75, 3.05) is 0 Å². The SMILES string of the molecule is Cc1c(C#C[Si](C)(C)C)cccc1-c1ccccc1. The molecule has 0 amide bonds. The fourth-order valence-electron chi connectivity index (χ4n) is 1.96. The standard InChI is InChI=1S/C18H20Si/c1-15-16(13-14-19(2,3)4)11-8-12-18(15)17-9-6-5-7-10-17/h5-12H,1-4H3. The molecule has 0 aromatic heterocycles. The minimum Gasteiger partial charge on any atom is -0.127 e. The highest BCUT2D eigenvalue weighted by Crippen LogP contribution is 2.25. The fourth-order valence-corrected chi connectivity index (χ4v) is 2.47. The Morgan fingerprint density at radius 3 is 2.16 bits per heavy atom. The highest BCUT2D eigenvalue weighted by molar-refractivity contribution is 6.83. The Kier molecular flexibility index (Phi) is 3.92. The van der Waals surface area contributed by atoms with Crippen molar-refractivity contribution < 1.29 is 0 Å². The molecule has 0 aliphatic carbocycles. The van der Waals surface area contributed by atoms with Crippen molar-refractivity contribution in [3.8, 4) is 22.6 Å². The third-order valence-electron chi connectivity index (χ3n) is 2.99. The Morgan fingerprint density at radius 2 is 1.53 bits per heavy atom. The lowest BCUT2D eigenvalue weighted by Crippen LogP contribution is -2.16. The van der Waals surface area contributed by atoms with Crippen LogP contribution in [0.2, 0.25) is 19.6 Å². The quantitative estimate of drug-likeness (QED) is 0.508. The summed E-state index contributed by atoms with van der Waals surface area (Å²) in [5.74, 6) is 3.37. The van der Waals surface area contributed by atoms with E-state index in [4.69, 9.17) is 0 Å². The van der Waals surface area contributed by atoms with Crippen molar-refractivity contribution in [3.05, 3.63) is 59.7 Å². The molecule has 2 aromatic rings. The first kappa shape index (κ1) is 13.6. The van der Waals surface area contributed by atoms with Gasteiger partial charge in [-0.15, -0.1) is 5.54 Å². The van der Waals surface area contributed by atoms with Crippen LogP contribution in [0.4, 0.5) is 0 Å². The molecule has 0 aliphatic rings. The average molecular weight is 264 g/mol. The van der Waals surface area contributed by atoms with E-state index in [9.17, 15) is 0 Å². The van der Waals surface area contributed by atoms with Crippen molar-refractivity contribution >= 4 is 8.07 Å². The second kappa shape index (κ2) is 5.46. The molecule has 0 unspecified atom stereocenters. The molecule has 96 valence electrons. The zero-order valence-electron chi connectivity index (χ0n) is 12.1. The highest BCUT2D eigenvalue weighted by atomic mass is 28.3. The maximum Gasteiger partial charge on any atom is 0.129 e. The third kappa shape index (κ3) is 3.59. The normalized spacial score (nSPS) is 10.7. The van der Waals surface area contributed by atoms with Crippen LogP contribution in [0.1, 0.15) is 11.1 Å². The summed E-state index contributed by atoms with van der Waals surface area (Å²) in [6, 6.07) is 16.9. The van der Waals surface area contributed by atoms with Gasteiger partial charge in [0.1, 0.15) is 8.07 Å². The zero-order valence-corrected chi connectivity index (χ0v) is 13.1. The first-order valence-corrected chi connectivity index (χ1v) is 10.2. The van der Waals surface area contributed by atoms with E-state index in [1.54, 1.807) is 0 Å². The maximum atomic E-state index is 3.45. The van der Waals surface area contributed by atoms with Gasteiger partial charge in [-0.25, -0.2) is 0 Å². The summed E-state index contributed by atoms with van der Waals surface area (Å²) in [6.45, 7) is 8.99. The van der Waals surface area contributed by atoms with E-state index in [-0.39, 0.29) is 0 Å². The largest absolute Gasteiger partial charge is 0.129 e. The van der Waals surface area contributed by atoms with Gasteiger partial charge in [0.05, 0.1) is 0 Å². The van der Waals surface area contributed by atoms with Gasteiger partial charge >= 0.3 is 0 Å². The lowest BCUT2D eigenvalue weighted by atomic mass is 9.97. The van der Waals surface area contributed by atoms with Crippen molar-refractivity contribution in [1.29, 1.82) is 0 Å². The topological polar surface area (TPSA) is 0 Å². The van der Waals surface area contributed by atoms with Crippen molar-refractivity contribution in [1.82, 2.24) is 0 Å². The van der Waals surface area contributed by atoms with Crippen LogP contribution in [0.3, 0.4) is 0 Å². The molecule has 2 aromatic carbocycles. The smallest absolute Gasteiger partial charge is 0.127 e. The number of rotatable bonds is 1. The van der Waals surface area contributed by atoms with Gasteiger partial charge in [0.15, 0.2) is 0 Å². The van der Waals surface area contributed by atoms with Gasteiger partial charge in [0.2, 0.25) is 0 Å². The first-order valence-electron chi connectivity index (χ1n) is 6.65. The van der Waals surface area contributed by atoms with Crippen LogP contribution in [0.25, 0.3) is 11.1 Å². The first-order chi connectivity index (χ1) is 8.97. The van der Waals surface area contributed by atoms with E-state index in [2.05, 4.69) is 80.5 Å². The maximum absolute atomic E-state index is 3.45. The Morgan fingerprint density at radius 1 is 0.842 bits per heavy atom. The molecule has 0 radical (unpaired) electrons. The predicted molar refractivity (Wildman–Crippen MR) is 86.8 cm³/mol. The molecule has 0 nitrogen and oxygen atoms in total. The van der Waals surface area contributed by atoms with E-state index in [0.29, 0.717) is 0 Å². The van der Waals surface area contributed by atoms with Gasteiger partial charge in [0.25, 0.3) is 0 Å². The molecule has 0 heterocycles.